The summed E-state index contributed by atoms with van der Waals surface area (Å²) in [5, 5.41) is 3.97. The van der Waals surface area contributed by atoms with Gasteiger partial charge < -0.3 is 10.2 Å². The number of nitrogens with one attached hydrogen (secondary N) is 1. The molecule has 0 radical (unpaired) electrons. The molecule has 3 aromatic rings. The van der Waals surface area contributed by atoms with Gasteiger partial charge in [-0.25, -0.2) is 0 Å². The number of carbonyl (C=O) groups excluding carboxylic acids is 2. The quantitative estimate of drug-likeness (QED) is 0.394. The average Bonchev–Trinajstić information content (AvgIpc) is 2.77. The van der Waals surface area contributed by atoms with Crippen LogP contribution in [-0.2, 0) is 29.0 Å². The Balaban J connectivity index is 2.00. The number of nitrogens with zero attached hydrogens (tertiary/aromatic N) is 1. The highest BCUT2D eigenvalue weighted by atomic mass is 35.5. The van der Waals surface area contributed by atoms with E-state index < -0.39 is 6.04 Å². The van der Waals surface area contributed by atoms with Gasteiger partial charge >= 0.3 is 0 Å². The van der Waals surface area contributed by atoms with E-state index in [0.29, 0.717) is 16.5 Å². The number of benzene rings is 3. The van der Waals surface area contributed by atoms with Crippen molar-refractivity contribution in [1.29, 1.82) is 0 Å². The van der Waals surface area contributed by atoms with Crippen molar-refractivity contribution in [2.24, 2.45) is 0 Å². The van der Waals surface area contributed by atoms with Gasteiger partial charge in [0, 0.05) is 29.1 Å². The van der Waals surface area contributed by atoms with E-state index in [2.05, 4.69) is 5.32 Å². The molecule has 178 valence electrons. The molecule has 1 N–H and O–H groups in total. The SMILES string of the molecule is Cc1cccc(CC(=O)N(Cc2ccc(Cl)cc2Cl)C(Cc2ccccc2)C(=O)NC(C)C)c1. The number of rotatable bonds is 9. The second-order valence-corrected chi connectivity index (χ2v) is 9.64. The molecule has 0 aliphatic heterocycles. The van der Waals surface area contributed by atoms with Gasteiger partial charge in [0.05, 0.1) is 6.42 Å². The highest BCUT2D eigenvalue weighted by molar-refractivity contribution is 6.35. The van der Waals surface area contributed by atoms with Crippen LogP contribution >= 0.6 is 23.2 Å². The standard InChI is InChI=1S/C28H30Cl2N2O2/c1-19(2)31-28(34)26(15-21-9-5-4-6-10-21)32(18-23-12-13-24(29)17-25(23)30)27(33)16-22-11-7-8-20(3)14-22/h4-14,17,19,26H,15-16,18H2,1-3H3,(H,31,34). The van der Waals surface area contributed by atoms with Crippen molar-refractivity contribution in [1.82, 2.24) is 10.2 Å². The molecule has 1 unspecified atom stereocenters. The van der Waals surface area contributed by atoms with E-state index in [1.807, 2.05) is 75.4 Å². The van der Waals surface area contributed by atoms with Gasteiger partial charge in [-0.1, -0.05) is 89.4 Å². The maximum atomic E-state index is 13.7. The monoisotopic (exact) mass is 496 g/mol. The molecule has 0 fully saturated rings. The fraction of sp³-hybridized carbons (Fsp3) is 0.286. The molecule has 1 atom stereocenters. The summed E-state index contributed by atoms with van der Waals surface area (Å²) in [4.78, 5) is 28.7. The lowest BCUT2D eigenvalue weighted by molar-refractivity contribution is -0.141. The fourth-order valence-corrected chi connectivity index (χ4v) is 4.33. The summed E-state index contributed by atoms with van der Waals surface area (Å²) in [6.45, 7) is 6.01. The van der Waals surface area contributed by atoms with Crippen LogP contribution in [0.15, 0.2) is 72.8 Å². The molecule has 2 amide bonds. The minimum atomic E-state index is -0.700. The highest BCUT2D eigenvalue weighted by Gasteiger charge is 2.31. The molecule has 34 heavy (non-hydrogen) atoms. The smallest absolute Gasteiger partial charge is 0.243 e. The third kappa shape index (κ3) is 7.34. The first-order valence-electron chi connectivity index (χ1n) is 11.4. The molecule has 3 aromatic carbocycles. The maximum absolute atomic E-state index is 13.7. The van der Waals surface area contributed by atoms with Crippen LogP contribution in [0.5, 0.6) is 0 Å². The Morgan fingerprint density at radius 2 is 1.62 bits per heavy atom. The van der Waals surface area contributed by atoms with Crippen molar-refractivity contribution in [2.75, 3.05) is 0 Å². The summed E-state index contributed by atoms with van der Waals surface area (Å²) in [6, 6.07) is 22.0. The number of hydrogen-bond donors (Lipinski definition) is 1. The van der Waals surface area contributed by atoms with Crippen LogP contribution < -0.4 is 5.32 Å². The van der Waals surface area contributed by atoms with Crippen molar-refractivity contribution >= 4 is 35.0 Å². The first kappa shape index (κ1) is 25.8. The van der Waals surface area contributed by atoms with Crippen LogP contribution in [-0.4, -0.2) is 28.8 Å². The van der Waals surface area contributed by atoms with E-state index >= 15 is 0 Å². The molecule has 0 aliphatic carbocycles. The van der Waals surface area contributed by atoms with Gasteiger partial charge in [-0.3, -0.25) is 9.59 Å². The Morgan fingerprint density at radius 1 is 0.912 bits per heavy atom. The van der Waals surface area contributed by atoms with Gasteiger partial charge in [-0.05, 0) is 49.6 Å². The lowest BCUT2D eigenvalue weighted by Gasteiger charge is -2.32. The van der Waals surface area contributed by atoms with Gasteiger partial charge in [-0.2, -0.15) is 0 Å². The molecule has 0 aliphatic rings. The highest BCUT2D eigenvalue weighted by Crippen LogP contribution is 2.24. The van der Waals surface area contributed by atoms with Crippen LogP contribution in [0.2, 0.25) is 10.0 Å². The van der Waals surface area contributed by atoms with E-state index in [1.54, 1.807) is 23.1 Å². The van der Waals surface area contributed by atoms with E-state index in [1.165, 1.54) is 0 Å². The Morgan fingerprint density at radius 3 is 2.26 bits per heavy atom. The third-order valence-electron chi connectivity index (χ3n) is 5.50. The first-order valence-corrected chi connectivity index (χ1v) is 12.1. The Kier molecular flexibility index (Phi) is 9.14. The second kappa shape index (κ2) is 12.0. The van der Waals surface area contributed by atoms with E-state index in [-0.39, 0.29) is 30.8 Å². The third-order valence-corrected chi connectivity index (χ3v) is 6.08. The fourth-order valence-electron chi connectivity index (χ4n) is 3.87. The van der Waals surface area contributed by atoms with E-state index in [4.69, 9.17) is 23.2 Å². The number of hydrogen-bond acceptors (Lipinski definition) is 2. The summed E-state index contributed by atoms with van der Waals surface area (Å²) >= 11 is 12.6. The predicted octanol–water partition coefficient (Wildman–Crippen LogP) is 6.01. The largest absolute Gasteiger partial charge is 0.352 e. The zero-order chi connectivity index (χ0) is 24.7. The summed E-state index contributed by atoms with van der Waals surface area (Å²) in [7, 11) is 0. The molecular weight excluding hydrogens is 467 g/mol. The second-order valence-electron chi connectivity index (χ2n) is 8.79. The number of carbonyl (C=O) groups is 2. The van der Waals surface area contributed by atoms with Crippen LogP contribution in [0, 0.1) is 6.92 Å². The average molecular weight is 497 g/mol. The van der Waals surface area contributed by atoms with Crippen molar-refractivity contribution in [2.45, 2.75) is 52.2 Å². The van der Waals surface area contributed by atoms with Gasteiger partial charge in [0.15, 0.2) is 0 Å². The molecule has 0 saturated heterocycles. The molecule has 0 saturated carbocycles. The molecule has 0 spiro atoms. The molecule has 0 aromatic heterocycles. The number of aryl methyl sites for hydroxylation is 1. The van der Waals surface area contributed by atoms with Gasteiger partial charge in [0.25, 0.3) is 0 Å². The molecular formula is C28H30Cl2N2O2. The predicted molar refractivity (Wildman–Crippen MR) is 139 cm³/mol. The molecule has 3 rings (SSSR count). The van der Waals surface area contributed by atoms with Crippen LogP contribution in [0.1, 0.15) is 36.1 Å². The van der Waals surface area contributed by atoms with Crippen molar-refractivity contribution in [3.05, 3.63) is 105 Å². The normalized spacial score (nSPS) is 11.8. The molecule has 0 heterocycles. The topological polar surface area (TPSA) is 49.4 Å². The number of halogens is 2. The van der Waals surface area contributed by atoms with Gasteiger partial charge in [0.2, 0.25) is 11.8 Å². The lowest BCUT2D eigenvalue weighted by Crippen LogP contribution is -2.52. The summed E-state index contributed by atoms with van der Waals surface area (Å²) in [5.74, 6) is -0.335. The Labute approximate surface area is 211 Å². The van der Waals surface area contributed by atoms with Crippen LogP contribution in [0.3, 0.4) is 0 Å². The van der Waals surface area contributed by atoms with Crippen LogP contribution in [0.4, 0.5) is 0 Å². The minimum Gasteiger partial charge on any atom is -0.352 e. The number of amides is 2. The Bertz CT molecular complexity index is 1130. The lowest BCUT2D eigenvalue weighted by atomic mass is 10.0. The van der Waals surface area contributed by atoms with Crippen molar-refractivity contribution < 1.29 is 9.59 Å². The minimum absolute atomic E-state index is 0.0568. The molecule has 4 nitrogen and oxygen atoms in total. The zero-order valence-electron chi connectivity index (χ0n) is 19.7. The van der Waals surface area contributed by atoms with Gasteiger partial charge in [-0.15, -0.1) is 0 Å². The van der Waals surface area contributed by atoms with E-state index in [0.717, 1.165) is 22.3 Å². The van der Waals surface area contributed by atoms with Crippen LogP contribution in [0.25, 0.3) is 0 Å². The summed E-state index contributed by atoms with van der Waals surface area (Å²) in [5.41, 5.74) is 3.69. The van der Waals surface area contributed by atoms with Crippen molar-refractivity contribution in [3.63, 3.8) is 0 Å². The van der Waals surface area contributed by atoms with Crippen molar-refractivity contribution in [3.8, 4) is 0 Å². The van der Waals surface area contributed by atoms with E-state index in [9.17, 15) is 9.59 Å². The zero-order valence-corrected chi connectivity index (χ0v) is 21.2. The summed E-state index contributed by atoms with van der Waals surface area (Å²) < 4.78 is 0. The Hall–Kier alpha value is -2.82. The molecule has 6 heteroatoms. The molecule has 0 bridgehead atoms. The maximum Gasteiger partial charge on any atom is 0.243 e. The van der Waals surface area contributed by atoms with Gasteiger partial charge in [0.1, 0.15) is 6.04 Å². The first-order chi connectivity index (χ1) is 16.2. The summed E-state index contributed by atoms with van der Waals surface area (Å²) in [6.07, 6.45) is 0.581.